The van der Waals surface area contributed by atoms with Crippen molar-refractivity contribution in [2.75, 3.05) is 0 Å². The number of halogens is 5. The predicted octanol–water partition coefficient (Wildman–Crippen LogP) is 5.46. The van der Waals surface area contributed by atoms with E-state index >= 15 is 0 Å². The minimum atomic E-state index is -4.54. The molecule has 0 saturated carbocycles. The highest BCUT2D eigenvalue weighted by Gasteiger charge is 2.34. The number of aryl methyl sites for hydroxylation is 1. The summed E-state index contributed by atoms with van der Waals surface area (Å²) in [6.07, 6.45) is -4.54. The fourth-order valence-corrected chi connectivity index (χ4v) is 3.96. The van der Waals surface area contributed by atoms with Gasteiger partial charge in [0.2, 0.25) is 0 Å². The summed E-state index contributed by atoms with van der Waals surface area (Å²) in [6, 6.07) is 2.32. The van der Waals surface area contributed by atoms with E-state index in [1.165, 1.54) is 31.4 Å². The number of nitrogens with zero attached hydrogens (tertiary/aromatic N) is 2. The molecular weight excluding hydrogens is 428 g/mol. The van der Waals surface area contributed by atoms with Crippen LogP contribution in [0, 0.1) is 0 Å². The van der Waals surface area contributed by atoms with E-state index in [1.54, 1.807) is 5.38 Å². The highest BCUT2D eigenvalue weighted by molar-refractivity contribution is 7.18. The van der Waals surface area contributed by atoms with Crippen molar-refractivity contribution in [3.63, 3.8) is 0 Å². The Labute approximate surface area is 165 Å². The number of thiophene rings is 1. The third-order valence-corrected chi connectivity index (χ3v) is 5.33. The van der Waals surface area contributed by atoms with Crippen molar-refractivity contribution < 1.29 is 27.4 Å². The topological polar surface area (TPSA) is 53.4 Å². The van der Waals surface area contributed by atoms with Gasteiger partial charge in [-0.05, 0) is 6.07 Å². The number of benzene rings is 1. The van der Waals surface area contributed by atoms with Crippen LogP contribution in [0.1, 0.15) is 18.3 Å². The number of alkyl halides is 3. The maximum absolute atomic E-state index is 12.7. The summed E-state index contributed by atoms with van der Waals surface area (Å²) < 4.78 is 50.5. The minimum Gasteiger partial charge on any atom is -0.486 e. The number of fused-ring (bicyclic) bond motifs is 1. The lowest BCUT2D eigenvalue weighted by Gasteiger charge is -2.10. The zero-order valence-corrected chi connectivity index (χ0v) is 16.2. The molecule has 5 nitrogen and oxygen atoms in total. The Morgan fingerprint density at radius 1 is 1.30 bits per heavy atom. The molecule has 0 saturated heterocycles. The number of esters is 1. The second-order valence-corrected chi connectivity index (χ2v) is 7.16. The molecular formula is C16H11Cl2F3N2O3S. The molecule has 0 fully saturated rings. The molecule has 144 valence electrons. The van der Waals surface area contributed by atoms with Gasteiger partial charge >= 0.3 is 12.1 Å². The van der Waals surface area contributed by atoms with Crippen LogP contribution in [0.15, 0.2) is 17.5 Å². The average Bonchev–Trinajstić information content (AvgIpc) is 3.13. The van der Waals surface area contributed by atoms with E-state index in [0.717, 1.165) is 10.7 Å². The van der Waals surface area contributed by atoms with Gasteiger partial charge in [0.05, 0.1) is 20.8 Å². The third-order valence-electron chi connectivity index (χ3n) is 3.57. The maximum Gasteiger partial charge on any atom is 0.435 e. The highest BCUT2D eigenvalue weighted by atomic mass is 35.5. The molecule has 0 N–H and O–H groups in total. The number of aromatic nitrogens is 2. The summed E-state index contributed by atoms with van der Waals surface area (Å²) in [4.78, 5) is 11.2. The van der Waals surface area contributed by atoms with Gasteiger partial charge in [-0.1, -0.05) is 23.2 Å². The molecule has 3 rings (SSSR count). The van der Waals surface area contributed by atoms with Crippen molar-refractivity contribution in [1.82, 2.24) is 9.78 Å². The Balaban J connectivity index is 1.89. The zero-order valence-electron chi connectivity index (χ0n) is 13.9. The number of hydrogen-bond donors (Lipinski definition) is 0. The van der Waals surface area contributed by atoms with Gasteiger partial charge < -0.3 is 9.47 Å². The van der Waals surface area contributed by atoms with E-state index in [2.05, 4.69) is 5.10 Å². The van der Waals surface area contributed by atoms with E-state index in [-0.39, 0.29) is 33.8 Å². The Kier molecular flexibility index (Phi) is 5.29. The van der Waals surface area contributed by atoms with Gasteiger partial charge in [0.25, 0.3) is 0 Å². The molecule has 3 aromatic rings. The van der Waals surface area contributed by atoms with Crippen LogP contribution in [-0.4, -0.2) is 15.7 Å². The van der Waals surface area contributed by atoms with Gasteiger partial charge in [0.15, 0.2) is 11.4 Å². The molecule has 2 heterocycles. The first-order chi connectivity index (χ1) is 12.6. The first-order valence-corrected chi connectivity index (χ1v) is 9.02. The van der Waals surface area contributed by atoms with Gasteiger partial charge in [0.1, 0.15) is 17.4 Å². The molecule has 27 heavy (non-hydrogen) atoms. The Bertz CT molecular complexity index is 1030. The van der Waals surface area contributed by atoms with Crippen LogP contribution < -0.4 is 9.47 Å². The molecule has 1 aromatic carbocycles. The lowest BCUT2D eigenvalue weighted by atomic mass is 10.2. The van der Waals surface area contributed by atoms with Crippen LogP contribution in [-0.2, 0) is 24.6 Å². The first-order valence-electron chi connectivity index (χ1n) is 7.38. The highest BCUT2D eigenvalue weighted by Crippen LogP contribution is 2.46. The second-order valence-electron chi connectivity index (χ2n) is 5.50. The standard InChI is InChI=1S/C16H11Cl2F3N2O3S/c1-7(24)26-11-6-27-15-13(11)9(17)4-10(14(15)18)25-5-8-3-12(16(19,20)21)22-23(8)2/h3-4,6H,5H2,1-2H3. The monoisotopic (exact) mass is 438 g/mol. The first kappa shape index (κ1) is 19.8. The minimum absolute atomic E-state index is 0.191. The fraction of sp³-hybridized carbons (Fsp3) is 0.250. The van der Waals surface area contributed by atoms with Gasteiger partial charge in [-0.15, -0.1) is 11.3 Å². The van der Waals surface area contributed by atoms with Gasteiger partial charge in [-0.2, -0.15) is 18.3 Å². The molecule has 0 unspecified atom stereocenters. The number of ether oxygens (including phenoxy) is 2. The van der Waals surface area contributed by atoms with E-state index in [0.29, 0.717) is 10.1 Å². The average molecular weight is 439 g/mol. The van der Waals surface area contributed by atoms with Crippen LogP contribution in [0.5, 0.6) is 11.5 Å². The molecule has 0 spiro atoms. The normalized spacial score (nSPS) is 11.8. The predicted molar refractivity (Wildman–Crippen MR) is 95.7 cm³/mol. The second kappa shape index (κ2) is 7.21. The van der Waals surface area contributed by atoms with E-state index < -0.39 is 17.8 Å². The van der Waals surface area contributed by atoms with E-state index in [9.17, 15) is 18.0 Å². The molecule has 0 aliphatic heterocycles. The van der Waals surface area contributed by atoms with E-state index in [4.69, 9.17) is 32.7 Å². The zero-order chi connectivity index (χ0) is 19.9. The Morgan fingerprint density at radius 3 is 2.59 bits per heavy atom. The van der Waals surface area contributed by atoms with Crippen molar-refractivity contribution in [2.45, 2.75) is 19.7 Å². The number of rotatable bonds is 4. The smallest absolute Gasteiger partial charge is 0.435 e. The summed E-state index contributed by atoms with van der Waals surface area (Å²) in [6.45, 7) is 1.07. The Hall–Kier alpha value is -1.97. The van der Waals surface area contributed by atoms with Gasteiger partial charge in [-0.25, -0.2) is 0 Å². The van der Waals surface area contributed by atoms with Crippen molar-refractivity contribution in [3.05, 3.63) is 38.9 Å². The van der Waals surface area contributed by atoms with Crippen molar-refractivity contribution in [3.8, 4) is 11.5 Å². The molecule has 0 aliphatic rings. The van der Waals surface area contributed by atoms with Crippen LogP contribution in [0.25, 0.3) is 10.1 Å². The number of carbonyl (C=O) groups excluding carboxylic acids is 1. The summed E-state index contributed by atoms with van der Waals surface area (Å²) >= 11 is 13.8. The fourth-order valence-electron chi connectivity index (χ4n) is 2.36. The molecule has 0 atom stereocenters. The Morgan fingerprint density at radius 2 is 2.00 bits per heavy atom. The summed E-state index contributed by atoms with van der Waals surface area (Å²) in [5.41, 5.74) is -0.797. The molecule has 0 radical (unpaired) electrons. The van der Waals surface area contributed by atoms with Crippen molar-refractivity contribution >= 4 is 50.6 Å². The molecule has 0 bridgehead atoms. The van der Waals surface area contributed by atoms with Crippen LogP contribution in [0.2, 0.25) is 10.0 Å². The SMILES string of the molecule is CC(=O)Oc1csc2c(Cl)c(OCc3cc(C(F)(F)F)nn3C)cc(Cl)c12. The van der Waals surface area contributed by atoms with Crippen LogP contribution in [0.4, 0.5) is 13.2 Å². The van der Waals surface area contributed by atoms with Crippen LogP contribution in [0.3, 0.4) is 0 Å². The maximum atomic E-state index is 12.7. The number of hydrogen-bond acceptors (Lipinski definition) is 5. The molecule has 0 aliphatic carbocycles. The summed E-state index contributed by atoms with van der Waals surface area (Å²) in [7, 11) is 1.39. The molecule has 0 amide bonds. The summed E-state index contributed by atoms with van der Waals surface area (Å²) in [5.74, 6) is -0.0264. The van der Waals surface area contributed by atoms with Gasteiger partial charge in [0, 0.05) is 25.4 Å². The third kappa shape index (κ3) is 3.99. The van der Waals surface area contributed by atoms with Gasteiger partial charge in [-0.3, -0.25) is 9.48 Å². The van der Waals surface area contributed by atoms with E-state index in [1.807, 2.05) is 0 Å². The largest absolute Gasteiger partial charge is 0.486 e. The lowest BCUT2D eigenvalue weighted by molar-refractivity contribution is -0.141. The lowest BCUT2D eigenvalue weighted by Crippen LogP contribution is -2.06. The van der Waals surface area contributed by atoms with Crippen LogP contribution >= 0.6 is 34.5 Å². The van der Waals surface area contributed by atoms with Crippen molar-refractivity contribution in [2.24, 2.45) is 7.05 Å². The molecule has 11 heteroatoms. The summed E-state index contributed by atoms with van der Waals surface area (Å²) in [5, 5.41) is 5.93. The molecule has 2 aromatic heterocycles. The van der Waals surface area contributed by atoms with Crippen molar-refractivity contribution in [1.29, 1.82) is 0 Å². The number of carbonyl (C=O) groups is 1. The quantitative estimate of drug-likeness (QED) is 0.507.